The molecule has 0 spiro atoms. The highest BCUT2D eigenvalue weighted by Crippen LogP contribution is 2.19. The summed E-state index contributed by atoms with van der Waals surface area (Å²) in [4.78, 5) is 28.8. The van der Waals surface area contributed by atoms with Crippen LogP contribution in [0.3, 0.4) is 0 Å². The van der Waals surface area contributed by atoms with Crippen molar-refractivity contribution in [3.05, 3.63) is 58.0 Å². The van der Waals surface area contributed by atoms with E-state index in [1.54, 1.807) is 30.3 Å². The number of imidazole rings is 1. The second-order valence-electron chi connectivity index (χ2n) is 4.83. The number of carbonyl (C=O) groups excluding carboxylic acids is 1. The molecule has 106 valence electrons. The van der Waals surface area contributed by atoms with Gasteiger partial charge < -0.3 is 21.0 Å². The number of nitrogens with one attached hydrogen (secondary N) is 3. The standard InChI is InChI=1S/C15H14N4O2/c1-8-3-2-4-10(13(8)16)14(20)17-9-5-6-11-12(7-9)19-15(21)18-11/h2-7H,16H2,1H3,(H,17,20)(H2,18,19,21). The van der Waals surface area contributed by atoms with Crippen LogP contribution >= 0.6 is 0 Å². The van der Waals surface area contributed by atoms with Gasteiger partial charge in [0.05, 0.1) is 16.6 Å². The van der Waals surface area contributed by atoms with E-state index in [-0.39, 0.29) is 11.6 Å². The minimum absolute atomic E-state index is 0.281. The maximum Gasteiger partial charge on any atom is 0.323 e. The van der Waals surface area contributed by atoms with Gasteiger partial charge in [0, 0.05) is 11.4 Å². The summed E-state index contributed by atoms with van der Waals surface area (Å²) in [6.45, 7) is 1.85. The molecule has 1 amide bonds. The van der Waals surface area contributed by atoms with Gasteiger partial charge in [0.1, 0.15) is 0 Å². The van der Waals surface area contributed by atoms with Crippen molar-refractivity contribution in [2.24, 2.45) is 0 Å². The molecule has 0 aliphatic heterocycles. The normalized spacial score (nSPS) is 10.7. The van der Waals surface area contributed by atoms with Gasteiger partial charge in [-0.1, -0.05) is 12.1 Å². The minimum atomic E-state index is -0.284. The minimum Gasteiger partial charge on any atom is -0.398 e. The molecule has 0 fully saturated rings. The van der Waals surface area contributed by atoms with Gasteiger partial charge in [-0.05, 0) is 36.8 Å². The number of aromatic nitrogens is 2. The topological polar surface area (TPSA) is 104 Å². The third-order valence-electron chi connectivity index (χ3n) is 3.34. The summed E-state index contributed by atoms with van der Waals surface area (Å²) in [7, 11) is 0. The Morgan fingerprint density at radius 2 is 1.90 bits per heavy atom. The summed E-state index contributed by atoms with van der Waals surface area (Å²) in [6.07, 6.45) is 0. The molecule has 0 saturated carbocycles. The molecule has 1 heterocycles. The quantitative estimate of drug-likeness (QED) is 0.540. The fourth-order valence-corrected chi connectivity index (χ4v) is 2.19. The van der Waals surface area contributed by atoms with Gasteiger partial charge >= 0.3 is 5.69 Å². The van der Waals surface area contributed by atoms with E-state index in [0.29, 0.717) is 28.0 Å². The number of nitrogen functional groups attached to an aromatic ring is 1. The number of nitrogens with two attached hydrogens (primary N) is 1. The Hall–Kier alpha value is -3.02. The lowest BCUT2D eigenvalue weighted by atomic mass is 10.1. The lowest BCUT2D eigenvalue weighted by molar-refractivity contribution is 0.102. The number of aromatic amines is 2. The Kier molecular flexibility index (Phi) is 2.98. The zero-order valence-electron chi connectivity index (χ0n) is 11.4. The summed E-state index contributed by atoms with van der Waals surface area (Å²) < 4.78 is 0. The molecule has 3 rings (SSSR count). The van der Waals surface area contributed by atoms with Crippen molar-refractivity contribution in [2.45, 2.75) is 6.92 Å². The van der Waals surface area contributed by atoms with Crippen molar-refractivity contribution in [1.82, 2.24) is 9.97 Å². The van der Waals surface area contributed by atoms with E-state index in [0.717, 1.165) is 5.56 Å². The predicted octanol–water partition coefficient (Wildman–Crippen LogP) is 2.00. The van der Waals surface area contributed by atoms with Crippen molar-refractivity contribution in [3.63, 3.8) is 0 Å². The molecular formula is C15H14N4O2. The van der Waals surface area contributed by atoms with Crippen LogP contribution in [0.1, 0.15) is 15.9 Å². The van der Waals surface area contributed by atoms with E-state index in [2.05, 4.69) is 15.3 Å². The molecule has 0 aliphatic rings. The summed E-state index contributed by atoms with van der Waals surface area (Å²) in [5.41, 5.74) is 9.29. The molecular weight excluding hydrogens is 268 g/mol. The van der Waals surface area contributed by atoms with Crippen molar-refractivity contribution >= 4 is 28.3 Å². The van der Waals surface area contributed by atoms with Crippen LogP contribution in [0.25, 0.3) is 11.0 Å². The number of aryl methyl sites for hydroxylation is 1. The number of carbonyl (C=O) groups is 1. The van der Waals surface area contributed by atoms with Gasteiger partial charge in [-0.3, -0.25) is 4.79 Å². The van der Waals surface area contributed by atoms with Crippen molar-refractivity contribution < 1.29 is 4.79 Å². The molecule has 1 aromatic heterocycles. The monoisotopic (exact) mass is 282 g/mol. The number of para-hydroxylation sites is 1. The SMILES string of the molecule is Cc1cccc(C(=O)Nc2ccc3[nH]c(=O)[nH]c3c2)c1N. The van der Waals surface area contributed by atoms with Crippen LogP contribution in [0.15, 0.2) is 41.2 Å². The van der Waals surface area contributed by atoms with E-state index in [1.807, 2.05) is 13.0 Å². The molecule has 0 saturated heterocycles. The van der Waals surface area contributed by atoms with Gasteiger partial charge in [-0.2, -0.15) is 0 Å². The Morgan fingerprint density at radius 3 is 2.71 bits per heavy atom. The van der Waals surface area contributed by atoms with Crippen LogP contribution in [0.4, 0.5) is 11.4 Å². The number of benzene rings is 2. The van der Waals surface area contributed by atoms with E-state index in [1.165, 1.54) is 0 Å². The van der Waals surface area contributed by atoms with E-state index < -0.39 is 0 Å². The summed E-state index contributed by atoms with van der Waals surface area (Å²) in [5, 5.41) is 2.77. The van der Waals surface area contributed by atoms with Gasteiger partial charge in [0.15, 0.2) is 0 Å². The zero-order valence-corrected chi connectivity index (χ0v) is 11.4. The first-order valence-electron chi connectivity index (χ1n) is 6.43. The number of fused-ring (bicyclic) bond motifs is 1. The Balaban J connectivity index is 1.92. The first-order chi connectivity index (χ1) is 10.0. The zero-order chi connectivity index (χ0) is 15.0. The van der Waals surface area contributed by atoms with Gasteiger partial charge in [-0.25, -0.2) is 4.79 Å². The molecule has 21 heavy (non-hydrogen) atoms. The molecule has 0 atom stereocenters. The molecule has 5 N–H and O–H groups in total. The highest BCUT2D eigenvalue weighted by molar-refractivity contribution is 6.08. The second kappa shape index (κ2) is 4.82. The molecule has 0 radical (unpaired) electrons. The Labute approximate surface area is 120 Å². The second-order valence-corrected chi connectivity index (χ2v) is 4.83. The third kappa shape index (κ3) is 2.38. The van der Waals surface area contributed by atoms with E-state index in [9.17, 15) is 9.59 Å². The first-order valence-corrected chi connectivity index (χ1v) is 6.43. The highest BCUT2D eigenvalue weighted by atomic mass is 16.2. The van der Waals surface area contributed by atoms with Crippen LogP contribution in [0, 0.1) is 6.92 Å². The fraction of sp³-hybridized carbons (Fsp3) is 0.0667. The molecule has 6 heteroatoms. The van der Waals surface area contributed by atoms with Gasteiger partial charge in [0.25, 0.3) is 5.91 Å². The number of hydrogen-bond donors (Lipinski definition) is 4. The summed E-state index contributed by atoms with van der Waals surface area (Å²) in [5.74, 6) is -0.284. The molecule has 3 aromatic rings. The van der Waals surface area contributed by atoms with Crippen LogP contribution in [0.5, 0.6) is 0 Å². The fourth-order valence-electron chi connectivity index (χ4n) is 2.19. The molecule has 2 aromatic carbocycles. The Bertz CT molecular complexity index is 892. The number of amides is 1. The number of hydrogen-bond acceptors (Lipinski definition) is 3. The average Bonchev–Trinajstić information content (AvgIpc) is 2.81. The number of rotatable bonds is 2. The smallest absolute Gasteiger partial charge is 0.323 e. The van der Waals surface area contributed by atoms with Crippen LogP contribution in [-0.4, -0.2) is 15.9 Å². The summed E-state index contributed by atoms with van der Waals surface area (Å²) in [6, 6.07) is 10.4. The largest absolute Gasteiger partial charge is 0.398 e. The third-order valence-corrected chi connectivity index (χ3v) is 3.34. The van der Waals surface area contributed by atoms with Crippen LogP contribution in [-0.2, 0) is 0 Å². The van der Waals surface area contributed by atoms with Crippen molar-refractivity contribution in [2.75, 3.05) is 11.1 Å². The van der Waals surface area contributed by atoms with Gasteiger partial charge in [-0.15, -0.1) is 0 Å². The van der Waals surface area contributed by atoms with Crippen LogP contribution < -0.4 is 16.7 Å². The summed E-state index contributed by atoms with van der Waals surface area (Å²) >= 11 is 0. The Morgan fingerprint density at radius 1 is 1.14 bits per heavy atom. The molecule has 0 unspecified atom stereocenters. The maximum atomic E-state index is 12.3. The molecule has 0 aliphatic carbocycles. The lowest BCUT2D eigenvalue weighted by Gasteiger charge is -2.09. The maximum absolute atomic E-state index is 12.3. The van der Waals surface area contributed by atoms with Crippen molar-refractivity contribution in [1.29, 1.82) is 0 Å². The lowest BCUT2D eigenvalue weighted by Crippen LogP contribution is -2.14. The average molecular weight is 282 g/mol. The van der Waals surface area contributed by atoms with Crippen molar-refractivity contribution in [3.8, 4) is 0 Å². The number of anilines is 2. The van der Waals surface area contributed by atoms with E-state index in [4.69, 9.17) is 5.73 Å². The molecule has 0 bridgehead atoms. The first kappa shape index (κ1) is 13.0. The highest BCUT2D eigenvalue weighted by Gasteiger charge is 2.11. The van der Waals surface area contributed by atoms with Crippen LogP contribution in [0.2, 0.25) is 0 Å². The number of H-pyrrole nitrogens is 2. The van der Waals surface area contributed by atoms with E-state index >= 15 is 0 Å². The predicted molar refractivity (Wildman–Crippen MR) is 82.5 cm³/mol. The molecule has 6 nitrogen and oxygen atoms in total. The van der Waals surface area contributed by atoms with Gasteiger partial charge in [0.2, 0.25) is 0 Å².